The van der Waals surface area contributed by atoms with E-state index >= 15 is 0 Å². The Balaban J connectivity index is 3.85. The van der Waals surface area contributed by atoms with E-state index in [9.17, 15) is 4.79 Å². The van der Waals surface area contributed by atoms with Crippen molar-refractivity contribution in [2.75, 3.05) is 48.1 Å². The average molecular weight is 305 g/mol. The molecular weight excluding hydrogens is 278 g/mol. The van der Waals surface area contributed by atoms with Crippen molar-refractivity contribution in [3.8, 4) is 0 Å². The summed E-state index contributed by atoms with van der Waals surface area (Å²) in [5.41, 5.74) is 0.420. The zero-order chi connectivity index (χ0) is 15.6. The van der Waals surface area contributed by atoms with E-state index in [-0.39, 0.29) is 5.97 Å². The highest BCUT2D eigenvalue weighted by Gasteiger charge is 2.36. The lowest BCUT2D eigenvalue weighted by molar-refractivity contribution is -0.139. The summed E-state index contributed by atoms with van der Waals surface area (Å²) >= 11 is 0. The standard InChI is InChI=1S/C13H27NO5Si/c1-12(2)13(15)19-10-9-14(3)8-7-11-20(16-4,17-5)18-6/h1,7-11H2,2-6H3. The van der Waals surface area contributed by atoms with E-state index in [2.05, 4.69) is 11.5 Å². The monoisotopic (exact) mass is 305 g/mol. The maximum Gasteiger partial charge on any atom is 0.500 e. The zero-order valence-electron chi connectivity index (χ0n) is 13.2. The summed E-state index contributed by atoms with van der Waals surface area (Å²) < 4.78 is 21.1. The maximum atomic E-state index is 11.2. The minimum atomic E-state index is -2.47. The molecule has 20 heavy (non-hydrogen) atoms. The highest BCUT2D eigenvalue weighted by Crippen LogP contribution is 2.14. The molecule has 0 unspecified atom stereocenters. The molecule has 0 aromatic carbocycles. The summed E-state index contributed by atoms with van der Waals surface area (Å²) in [5.74, 6) is -0.344. The highest BCUT2D eigenvalue weighted by atomic mass is 28.4. The molecule has 0 aromatic heterocycles. The molecule has 0 heterocycles. The van der Waals surface area contributed by atoms with Gasteiger partial charge in [-0.2, -0.15) is 0 Å². The number of rotatable bonds is 11. The van der Waals surface area contributed by atoms with Crippen LogP contribution >= 0.6 is 0 Å². The summed E-state index contributed by atoms with van der Waals surface area (Å²) in [4.78, 5) is 13.3. The molecular formula is C13H27NO5Si. The summed E-state index contributed by atoms with van der Waals surface area (Å²) in [7, 11) is 4.34. The zero-order valence-corrected chi connectivity index (χ0v) is 14.2. The van der Waals surface area contributed by atoms with E-state index in [4.69, 9.17) is 18.0 Å². The molecule has 0 bridgehead atoms. The predicted molar refractivity (Wildman–Crippen MR) is 79.5 cm³/mol. The Morgan fingerprint density at radius 2 is 1.70 bits per heavy atom. The SMILES string of the molecule is C=C(C)C(=O)OCCN(C)CCC[Si](OC)(OC)OC. The number of hydrogen-bond acceptors (Lipinski definition) is 6. The molecule has 0 aliphatic heterocycles. The molecule has 0 aliphatic carbocycles. The van der Waals surface area contributed by atoms with Crippen LogP contribution in [0.2, 0.25) is 6.04 Å². The van der Waals surface area contributed by atoms with E-state index in [1.165, 1.54) is 0 Å². The Kier molecular flexibility index (Phi) is 9.69. The fourth-order valence-electron chi connectivity index (χ4n) is 1.65. The van der Waals surface area contributed by atoms with Crippen LogP contribution in [0.1, 0.15) is 13.3 Å². The van der Waals surface area contributed by atoms with Crippen LogP contribution in [0.4, 0.5) is 0 Å². The van der Waals surface area contributed by atoms with E-state index in [1.54, 1.807) is 28.3 Å². The average Bonchev–Trinajstić information content (AvgIpc) is 2.44. The van der Waals surface area contributed by atoms with Gasteiger partial charge in [0.15, 0.2) is 0 Å². The molecule has 0 radical (unpaired) electrons. The minimum Gasteiger partial charge on any atom is -0.461 e. The molecule has 118 valence electrons. The third-order valence-electron chi connectivity index (χ3n) is 3.01. The van der Waals surface area contributed by atoms with Crippen molar-refractivity contribution < 1.29 is 22.8 Å². The molecule has 0 fully saturated rings. The first-order chi connectivity index (χ1) is 9.40. The van der Waals surface area contributed by atoms with Crippen LogP contribution < -0.4 is 0 Å². The second-order valence-electron chi connectivity index (χ2n) is 4.62. The Hall–Kier alpha value is -0.733. The minimum absolute atomic E-state index is 0.344. The highest BCUT2D eigenvalue weighted by molar-refractivity contribution is 6.60. The van der Waals surface area contributed by atoms with Crippen molar-refractivity contribution in [3.63, 3.8) is 0 Å². The lowest BCUT2D eigenvalue weighted by Gasteiger charge is -2.25. The van der Waals surface area contributed by atoms with Crippen LogP contribution in [0, 0.1) is 0 Å². The molecule has 0 aromatic rings. The molecule has 0 saturated heterocycles. The van der Waals surface area contributed by atoms with Gasteiger partial charge in [0.25, 0.3) is 0 Å². The van der Waals surface area contributed by atoms with Gasteiger partial charge in [0.1, 0.15) is 6.61 Å². The fraction of sp³-hybridized carbons (Fsp3) is 0.769. The van der Waals surface area contributed by atoms with Crippen molar-refractivity contribution in [1.82, 2.24) is 4.90 Å². The van der Waals surface area contributed by atoms with Gasteiger partial charge >= 0.3 is 14.8 Å². The number of likely N-dealkylation sites (N-methyl/N-ethyl adjacent to an activating group) is 1. The van der Waals surface area contributed by atoms with Gasteiger partial charge in [-0.05, 0) is 26.9 Å². The Bertz CT molecular complexity index is 299. The lowest BCUT2D eigenvalue weighted by Crippen LogP contribution is -2.43. The fourth-order valence-corrected chi connectivity index (χ4v) is 3.35. The first-order valence-electron chi connectivity index (χ1n) is 6.57. The lowest BCUT2D eigenvalue weighted by atomic mass is 10.4. The second kappa shape index (κ2) is 10.1. The molecule has 0 rings (SSSR count). The molecule has 0 N–H and O–H groups in total. The van der Waals surface area contributed by atoms with E-state index < -0.39 is 8.80 Å². The van der Waals surface area contributed by atoms with Gasteiger partial charge < -0.3 is 22.9 Å². The van der Waals surface area contributed by atoms with Crippen molar-refractivity contribution in [2.24, 2.45) is 0 Å². The molecule has 0 spiro atoms. The van der Waals surface area contributed by atoms with E-state index in [1.807, 2.05) is 7.05 Å². The van der Waals surface area contributed by atoms with Crippen molar-refractivity contribution in [2.45, 2.75) is 19.4 Å². The van der Waals surface area contributed by atoms with Crippen LogP contribution in [-0.4, -0.2) is 67.7 Å². The third-order valence-corrected chi connectivity index (χ3v) is 5.84. The number of carbonyl (C=O) groups excluding carboxylic acids is 1. The molecule has 6 nitrogen and oxygen atoms in total. The Morgan fingerprint density at radius 1 is 1.15 bits per heavy atom. The Labute approximate surface area is 123 Å². The molecule has 0 saturated carbocycles. The van der Waals surface area contributed by atoms with Crippen LogP contribution in [-0.2, 0) is 22.8 Å². The van der Waals surface area contributed by atoms with E-state index in [0.29, 0.717) is 18.7 Å². The van der Waals surface area contributed by atoms with Gasteiger partial charge in [-0.3, -0.25) is 0 Å². The van der Waals surface area contributed by atoms with Crippen molar-refractivity contribution in [1.29, 1.82) is 0 Å². The van der Waals surface area contributed by atoms with Crippen LogP contribution in [0.3, 0.4) is 0 Å². The van der Waals surface area contributed by atoms with Gasteiger partial charge in [-0.25, -0.2) is 4.79 Å². The molecule has 7 heteroatoms. The number of nitrogens with zero attached hydrogens (tertiary/aromatic N) is 1. The van der Waals surface area contributed by atoms with Crippen molar-refractivity contribution >= 4 is 14.8 Å². The molecule has 0 atom stereocenters. The summed E-state index contributed by atoms with van der Waals surface area (Å²) in [6, 6.07) is 0.756. The van der Waals surface area contributed by atoms with Gasteiger partial charge in [0.05, 0.1) is 0 Å². The van der Waals surface area contributed by atoms with Gasteiger partial charge in [0, 0.05) is 39.5 Å². The summed E-state index contributed by atoms with van der Waals surface area (Å²) in [6.07, 6.45) is 0.896. The maximum absolute atomic E-state index is 11.2. The topological polar surface area (TPSA) is 57.2 Å². The first-order valence-corrected chi connectivity index (χ1v) is 8.50. The Morgan fingerprint density at radius 3 is 2.15 bits per heavy atom. The number of carbonyl (C=O) groups is 1. The second-order valence-corrected chi connectivity index (χ2v) is 7.71. The molecule has 0 amide bonds. The summed E-state index contributed by atoms with van der Waals surface area (Å²) in [5, 5.41) is 0. The quantitative estimate of drug-likeness (QED) is 0.326. The number of hydrogen-bond donors (Lipinski definition) is 0. The third kappa shape index (κ3) is 7.16. The van der Waals surface area contributed by atoms with Gasteiger partial charge in [-0.1, -0.05) is 6.58 Å². The molecule has 0 aliphatic rings. The van der Waals surface area contributed by atoms with Crippen molar-refractivity contribution in [3.05, 3.63) is 12.2 Å². The van der Waals surface area contributed by atoms with Crippen LogP contribution in [0.5, 0.6) is 0 Å². The number of ether oxygens (including phenoxy) is 1. The smallest absolute Gasteiger partial charge is 0.461 e. The summed E-state index contributed by atoms with van der Waals surface area (Å²) in [6.45, 7) is 7.07. The van der Waals surface area contributed by atoms with Gasteiger partial charge in [0.2, 0.25) is 0 Å². The van der Waals surface area contributed by atoms with Crippen LogP contribution in [0.15, 0.2) is 12.2 Å². The number of esters is 1. The van der Waals surface area contributed by atoms with Crippen LogP contribution in [0.25, 0.3) is 0 Å². The van der Waals surface area contributed by atoms with Gasteiger partial charge in [-0.15, -0.1) is 0 Å². The normalized spacial score (nSPS) is 11.7. The van der Waals surface area contributed by atoms with E-state index in [0.717, 1.165) is 19.0 Å². The largest absolute Gasteiger partial charge is 0.500 e. The first kappa shape index (κ1) is 19.3. The predicted octanol–water partition coefficient (Wildman–Crippen LogP) is 1.31.